The van der Waals surface area contributed by atoms with Crippen LogP contribution in [0.15, 0.2) is 0 Å². The van der Waals surface area contributed by atoms with Gasteiger partial charge in [-0.15, -0.1) is 0 Å². The van der Waals surface area contributed by atoms with E-state index in [2.05, 4.69) is 33.5 Å². The summed E-state index contributed by atoms with van der Waals surface area (Å²) in [7, 11) is 0. The maximum Gasteiger partial charge on any atom is 0.220 e. The van der Waals surface area contributed by atoms with Crippen molar-refractivity contribution in [2.24, 2.45) is 5.73 Å². The number of rotatable bonds is 20. The molecule has 0 heterocycles. The van der Waals surface area contributed by atoms with E-state index in [1.54, 1.807) is 0 Å². The highest BCUT2D eigenvalue weighted by atomic mass is 16.1. The summed E-state index contributed by atoms with van der Waals surface area (Å²) in [5.74, 6) is 0.184. The Morgan fingerprint density at radius 1 is 0.680 bits per heavy atom. The second kappa shape index (κ2) is 21.3. The molecule has 0 bridgehead atoms. The normalized spacial score (nSPS) is 11.0. The molecule has 0 fully saturated rings. The van der Waals surface area contributed by atoms with Crippen LogP contribution in [0.2, 0.25) is 0 Å². The molecule has 0 spiro atoms. The Hall–Kier alpha value is -0.730. The zero-order chi connectivity index (χ0) is 18.4. The molecule has 0 aliphatic rings. The van der Waals surface area contributed by atoms with Crippen LogP contribution in [0.5, 0.6) is 0 Å². The predicted octanol–water partition coefficient (Wildman–Crippen LogP) is -0.220. The van der Waals surface area contributed by atoms with Crippen molar-refractivity contribution >= 4 is 5.91 Å². The van der Waals surface area contributed by atoms with E-state index in [4.69, 9.17) is 5.73 Å². The van der Waals surface area contributed by atoms with Crippen molar-refractivity contribution in [3.05, 3.63) is 0 Å². The molecule has 0 aromatic rings. The highest BCUT2D eigenvalue weighted by Crippen LogP contribution is 2.04. The van der Waals surface area contributed by atoms with E-state index in [1.165, 1.54) is 25.7 Å². The lowest BCUT2D eigenvalue weighted by Gasteiger charge is -2.09. The van der Waals surface area contributed by atoms with Gasteiger partial charge >= 0.3 is 0 Å². The first-order valence-corrected chi connectivity index (χ1v) is 10.1. The fourth-order valence-electron chi connectivity index (χ4n) is 2.40. The molecule has 7 nitrogen and oxygen atoms in total. The number of nitrogens with one attached hydrogen (secondary N) is 5. The fraction of sp³-hybridized carbons (Fsp3) is 0.944. The SMILES string of the molecule is CCCCCCCC(=O)NCCNCCNCCNCCNCCN. The van der Waals surface area contributed by atoms with Crippen molar-refractivity contribution < 1.29 is 4.79 Å². The summed E-state index contributed by atoms with van der Waals surface area (Å²) < 4.78 is 0. The molecule has 0 aromatic heterocycles. The summed E-state index contributed by atoms with van der Waals surface area (Å²) in [5.41, 5.74) is 5.40. The minimum absolute atomic E-state index is 0.184. The lowest BCUT2D eigenvalue weighted by atomic mass is 10.1. The Balaban J connectivity index is 3.09. The van der Waals surface area contributed by atoms with Crippen LogP contribution in [0, 0.1) is 0 Å². The summed E-state index contributed by atoms with van der Waals surface area (Å²) in [6.07, 6.45) is 6.63. The number of amides is 1. The Bertz CT molecular complexity index is 278. The Morgan fingerprint density at radius 3 is 1.68 bits per heavy atom. The number of nitrogens with two attached hydrogens (primary N) is 1. The van der Waals surface area contributed by atoms with Crippen molar-refractivity contribution in [2.75, 3.05) is 65.4 Å². The molecule has 7 N–H and O–H groups in total. The van der Waals surface area contributed by atoms with Crippen LogP contribution >= 0.6 is 0 Å². The van der Waals surface area contributed by atoms with Gasteiger partial charge in [-0.25, -0.2) is 0 Å². The Morgan fingerprint density at radius 2 is 1.16 bits per heavy atom. The van der Waals surface area contributed by atoms with Gasteiger partial charge in [0.25, 0.3) is 0 Å². The number of hydrogen-bond acceptors (Lipinski definition) is 6. The maximum absolute atomic E-state index is 11.6. The summed E-state index contributed by atoms with van der Waals surface area (Å²) in [6, 6.07) is 0. The van der Waals surface area contributed by atoms with Crippen LogP contribution < -0.4 is 32.3 Å². The van der Waals surface area contributed by atoms with Gasteiger partial charge in [-0.3, -0.25) is 4.79 Å². The van der Waals surface area contributed by atoms with Gasteiger partial charge in [-0.2, -0.15) is 0 Å². The topological polar surface area (TPSA) is 103 Å². The first kappa shape index (κ1) is 24.3. The molecular weight excluding hydrogens is 316 g/mol. The van der Waals surface area contributed by atoms with Crippen LogP contribution in [0.1, 0.15) is 45.4 Å². The van der Waals surface area contributed by atoms with E-state index in [-0.39, 0.29) is 5.91 Å². The van der Waals surface area contributed by atoms with E-state index < -0.39 is 0 Å². The third kappa shape index (κ3) is 21.2. The molecule has 7 heteroatoms. The third-order valence-corrected chi connectivity index (χ3v) is 3.89. The van der Waals surface area contributed by atoms with Crippen molar-refractivity contribution in [1.82, 2.24) is 26.6 Å². The van der Waals surface area contributed by atoms with E-state index >= 15 is 0 Å². The molecule has 0 aliphatic heterocycles. The largest absolute Gasteiger partial charge is 0.355 e. The van der Waals surface area contributed by atoms with Gasteiger partial charge in [0, 0.05) is 71.9 Å². The van der Waals surface area contributed by atoms with Gasteiger partial charge in [0.1, 0.15) is 0 Å². The van der Waals surface area contributed by atoms with E-state index in [0.717, 1.165) is 58.8 Å². The molecular formula is C18H42N6O. The van der Waals surface area contributed by atoms with Gasteiger partial charge in [0.2, 0.25) is 5.91 Å². The highest BCUT2D eigenvalue weighted by molar-refractivity contribution is 5.75. The zero-order valence-corrected chi connectivity index (χ0v) is 16.3. The standard InChI is InChI=1S/C18H42N6O/c1-2-3-4-5-6-7-18(25)24-17-16-23-15-14-22-13-12-21-11-10-20-9-8-19/h20-23H,2-17,19H2,1H3,(H,24,25). The van der Waals surface area contributed by atoms with Crippen molar-refractivity contribution in [3.63, 3.8) is 0 Å². The zero-order valence-electron chi connectivity index (χ0n) is 16.3. The molecule has 0 radical (unpaired) electrons. The Kier molecular flexibility index (Phi) is 20.7. The number of hydrogen-bond donors (Lipinski definition) is 6. The van der Waals surface area contributed by atoms with Crippen LogP contribution in [0.3, 0.4) is 0 Å². The molecule has 25 heavy (non-hydrogen) atoms. The Labute approximate surface area is 154 Å². The van der Waals surface area contributed by atoms with E-state index in [0.29, 0.717) is 19.5 Å². The summed E-state index contributed by atoms with van der Waals surface area (Å²) in [4.78, 5) is 11.6. The summed E-state index contributed by atoms with van der Waals surface area (Å²) in [5, 5.41) is 16.3. The molecule has 1 amide bonds. The molecule has 0 aliphatic carbocycles. The minimum atomic E-state index is 0.184. The van der Waals surface area contributed by atoms with Crippen molar-refractivity contribution in [3.8, 4) is 0 Å². The minimum Gasteiger partial charge on any atom is -0.355 e. The van der Waals surface area contributed by atoms with Crippen LogP contribution in [-0.2, 0) is 4.79 Å². The monoisotopic (exact) mass is 358 g/mol. The van der Waals surface area contributed by atoms with Crippen LogP contribution in [0.25, 0.3) is 0 Å². The molecule has 0 saturated carbocycles. The lowest BCUT2D eigenvalue weighted by molar-refractivity contribution is -0.121. The first-order valence-electron chi connectivity index (χ1n) is 10.1. The average Bonchev–Trinajstić information content (AvgIpc) is 2.62. The second-order valence-electron chi connectivity index (χ2n) is 6.30. The summed E-state index contributed by atoms with van der Waals surface area (Å²) >= 11 is 0. The second-order valence-corrected chi connectivity index (χ2v) is 6.30. The quantitative estimate of drug-likeness (QED) is 0.168. The number of carbonyl (C=O) groups is 1. The average molecular weight is 359 g/mol. The third-order valence-electron chi connectivity index (χ3n) is 3.89. The molecule has 150 valence electrons. The highest BCUT2D eigenvalue weighted by Gasteiger charge is 1.99. The molecule has 0 saturated heterocycles. The van der Waals surface area contributed by atoms with Gasteiger partial charge in [-0.1, -0.05) is 32.6 Å². The molecule has 0 atom stereocenters. The fourth-order valence-corrected chi connectivity index (χ4v) is 2.40. The lowest BCUT2D eigenvalue weighted by Crippen LogP contribution is -2.37. The smallest absolute Gasteiger partial charge is 0.220 e. The first-order chi connectivity index (χ1) is 12.3. The summed E-state index contributed by atoms with van der Waals surface area (Å²) in [6.45, 7) is 11.1. The van der Waals surface area contributed by atoms with Gasteiger partial charge in [-0.05, 0) is 6.42 Å². The maximum atomic E-state index is 11.6. The predicted molar refractivity (Wildman–Crippen MR) is 107 cm³/mol. The van der Waals surface area contributed by atoms with Crippen molar-refractivity contribution in [1.29, 1.82) is 0 Å². The number of unbranched alkanes of at least 4 members (excludes halogenated alkanes) is 4. The van der Waals surface area contributed by atoms with Gasteiger partial charge < -0.3 is 32.3 Å². The molecule has 0 unspecified atom stereocenters. The van der Waals surface area contributed by atoms with Crippen LogP contribution in [-0.4, -0.2) is 71.4 Å². The van der Waals surface area contributed by atoms with Crippen LogP contribution in [0.4, 0.5) is 0 Å². The molecule has 0 rings (SSSR count). The van der Waals surface area contributed by atoms with Crippen molar-refractivity contribution in [2.45, 2.75) is 45.4 Å². The van der Waals surface area contributed by atoms with Gasteiger partial charge in [0.05, 0.1) is 0 Å². The van der Waals surface area contributed by atoms with E-state index in [9.17, 15) is 4.79 Å². The van der Waals surface area contributed by atoms with E-state index in [1.807, 2.05) is 0 Å². The number of carbonyl (C=O) groups excluding carboxylic acids is 1. The van der Waals surface area contributed by atoms with Gasteiger partial charge in [0.15, 0.2) is 0 Å². The molecule has 0 aromatic carbocycles.